The summed E-state index contributed by atoms with van der Waals surface area (Å²) < 4.78 is 5.24. The second kappa shape index (κ2) is 7.05. The number of methoxy groups -OCH3 is 1. The summed E-state index contributed by atoms with van der Waals surface area (Å²) in [5, 5.41) is 0. The van der Waals surface area contributed by atoms with Crippen molar-refractivity contribution in [3.05, 3.63) is 72.3 Å². The monoisotopic (exact) mass is 428 g/mol. The second-order valence-electron chi connectivity index (χ2n) is 9.20. The molecule has 1 heterocycles. The molecule has 0 spiro atoms. The van der Waals surface area contributed by atoms with Crippen molar-refractivity contribution < 1.29 is 19.1 Å². The Labute approximate surface area is 186 Å². The summed E-state index contributed by atoms with van der Waals surface area (Å²) in [6.45, 7) is -0.0838. The molecule has 162 valence electrons. The first-order valence-corrected chi connectivity index (χ1v) is 11.1. The SMILES string of the molecule is COc1ccc(N(CN2C(=O)[C@@H]3[C@H]4C=C[C@@H]([C@@H]5C[C@H]45)[C@@H]3C2=O)C(=O)c2ccccc2)cc1. The fourth-order valence-corrected chi connectivity index (χ4v) is 6.06. The van der Waals surface area contributed by atoms with Crippen molar-refractivity contribution in [2.75, 3.05) is 18.7 Å². The van der Waals surface area contributed by atoms with Gasteiger partial charge in [-0.15, -0.1) is 0 Å². The average molecular weight is 428 g/mol. The van der Waals surface area contributed by atoms with Crippen LogP contribution >= 0.6 is 0 Å². The number of carbonyl (C=O) groups is 3. The van der Waals surface area contributed by atoms with Crippen LogP contribution in [0.15, 0.2) is 66.7 Å². The summed E-state index contributed by atoms with van der Waals surface area (Å²) in [5.41, 5.74) is 1.11. The Morgan fingerprint density at radius 1 is 0.938 bits per heavy atom. The van der Waals surface area contributed by atoms with Crippen molar-refractivity contribution in [2.24, 2.45) is 35.5 Å². The Morgan fingerprint density at radius 2 is 1.53 bits per heavy atom. The van der Waals surface area contributed by atoms with E-state index in [9.17, 15) is 14.4 Å². The molecular weight excluding hydrogens is 404 g/mol. The van der Waals surface area contributed by atoms with Gasteiger partial charge in [-0.3, -0.25) is 24.2 Å². The molecule has 0 aromatic heterocycles. The number of ether oxygens (including phenoxy) is 1. The lowest BCUT2D eigenvalue weighted by atomic mass is 9.63. The number of allylic oxidation sites excluding steroid dienone is 2. The van der Waals surface area contributed by atoms with E-state index in [0.717, 1.165) is 6.42 Å². The third-order valence-corrected chi connectivity index (χ3v) is 7.69. The standard InChI is InChI=1S/C26H24N2O4/c1-32-17-9-7-16(8-10-17)27(24(29)15-5-3-2-4-6-15)14-28-25(30)22-18-11-12-19(21-13-20(18)21)23(22)26(28)31/h2-12,18-23H,13-14H2,1H3/t18-,19-,20-,21+,22-,23+/m0/s1. The highest BCUT2D eigenvalue weighted by Crippen LogP contribution is 2.65. The molecule has 2 aromatic rings. The summed E-state index contributed by atoms with van der Waals surface area (Å²) in [4.78, 5) is 43.2. The van der Waals surface area contributed by atoms with Crippen LogP contribution in [0.1, 0.15) is 16.8 Å². The van der Waals surface area contributed by atoms with Crippen molar-refractivity contribution in [3.63, 3.8) is 0 Å². The Balaban J connectivity index is 1.33. The molecule has 0 radical (unpaired) electrons. The van der Waals surface area contributed by atoms with Crippen LogP contribution in [0.3, 0.4) is 0 Å². The van der Waals surface area contributed by atoms with E-state index >= 15 is 0 Å². The van der Waals surface area contributed by atoms with Crippen LogP contribution < -0.4 is 9.64 Å². The van der Waals surface area contributed by atoms with Crippen molar-refractivity contribution in [1.29, 1.82) is 0 Å². The summed E-state index contributed by atoms with van der Waals surface area (Å²) in [6.07, 6.45) is 5.44. The fraction of sp³-hybridized carbons (Fsp3) is 0.346. The van der Waals surface area contributed by atoms with Crippen LogP contribution in [0.25, 0.3) is 0 Å². The molecular formula is C26H24N2O4. The van der Waals surface area contributed by atoms with Gasteiger partial charge < -0.3 is 4.74 Å². The van der Waals surface area contributed by atoms with Gasteiger partial charge in [0.25, 0.3) is 5.91 Å². The average Bonchev–Trinajstić information content (AvgIpc) is 3.63. The molecule has 7 rings (SSSR count). The van der Waals surface area contributed by atoms with Crippen LogP contribution in [0.5, 0.6) is 5.75 Å². The first-order chi connectivity index (χ1) is 15.6. The van der Waals surface area contributed by atoms with Crippen LogP contribution in [0.2, 0.25) is 0 Å². The van der Waals surface area contributed by atoms with Gasteiger partial charge in [-0.2, -0.15) is 0 Å². The molecule has 6 atom stereocenters. The molecule has 6 nitrogen and oxygen atoms in total. The topological polar surface area (TPSA) is 66.9 Å². The third-order valence-electron chi connectivity index (χ3n) is 7.69. The number of amides is 3. The van der Waals surface area contributed by atoms with Gasteiger partial charge in [0.2, 0.25) is 11.8 Å². The zero-order valence-electron chi connectivity index (χ0n) is 17.8. The molecule has 2 saturated carbocycles. The van der Waals surface area contributed by atoms with Crippen LogP contribution in [-0.4, -0.2) is 36.4 Å². The van der Waals surface area contributed by atoms with Gasteiger partial charge in [-0.1, -0.05) is 30.4 Å². The van der Waals surface area contributed by atoms with Gasteiger partial charge in [0.05, 0.1) is 18.9 Å². The predicted molar refractivity (Wildman–Crippen MR) is 118 cm³/mol. The molecule has 32 heavy (non-hydrogen) atoms. The minimum absolute atomic E-state index is 0.0838. The molecule has 0 unspecified atom stereocenters. The van der Waals surface area contributed by atoms with Crippen molar-refractivity contribution in [2.45, 2.75) is 6.42 Å². The third kappa shape index (κ3) is 2.75. The lowest BCUT2D eigenvalue weighted by Gasteiger charge is -2.37. The molecule has 5 aliphatic rings. The van der Waals surface area contributed by atoms with E-state index in [1.165, 1.54) is 9.80 Å². The minimum atomic E-state index is -0.272. The highest BCUT2D eigenvalue weighted by molar-refractivity contribution is 6.09. The summed E-state index contributed by atoms with van der Waals surface area (Å²) in [7, 11) is 1.58. The number of likely N-dealkylation sites (tertiary alicyclic amines) is 1. The highest BCUT2D eigenvalue weighted by Gasteiger charge is 2.67. The number of nitrogens with zero attached hydrogens (tertiary/aromatic N) is 2. The quantitative estimate of drug-likeness (QED) is 0.541. The predicted octanol–water partition coefficient (Wildman–Crippen LogP) is 3.35. The Kier molecular flexibility index (Phi) is 4.25. The maximum atomic E-state index is 13.4. The lowest BCUT2D eigenvalue weighted by Crippen LogP contribution is -2.45. The molecule has 3 amide bonds. The molecule has 1 aliphatic heterocycles. The molecule has 2 bridgehead atoms. The van der Waals surface area contributed by atoms with Gasteiger partial charge in [0.15, 0.2) is 0 Å². The smallest absolute Gasteiger partial charge is 0.259 e. The number of imide groups is 1. The number of anilines is 1. The van der Waals surface area contributed by atoms with E-state index in [4.69, 9.17) is 4.74 Å². The zero-order valence-corrected chi connectivity index (χ0v) is 17.8. The number of rotatable bonds is 5. The van der Waals surface area contributed by atoms with Gasteiger partial charge >= 0.3 is 0 Å². The highest BCUT2D eigenvalue weighted by atomic mass is 16.5. The molecule has 4 aliphatic carbocycles. The molecule has 3 fully saturated rings. The Hall–Kier alpha value is -3.41. The molecule has 6 heteroatoms. The van der Waals surface area contributed by atoms with E-state index in [2.05, 4.69) is 12.2 Å². The maximum absolute atomic E-state index is 13.4. The summed E-state index contributed by atoms with van der Waals surface area (Å²) >= 11 is 0. The number of carbonyl (C=O) groups excluding carboxylic acids is 3. The Bertz CT molecular complexity index is 1090. The van der Waals surface area contributed by atoms with E-state index in [-0.39, 0.29) is 48.1 Å². The first kappa shape index (κ1) is 19.3. The Morgan fingerprint density at radius 3 is 2.09 bits per heavy atom. The lowest BCUT2D eigenvalue weighted by molar-refractivity contribution is -0.140. The maximum Gasteiger partial charge on any atom is 0.259 e. The number of hydrogen-bond donors (Lipinski definition) is 0. The number of benzene rings is 2. The molecule has 1 saturated heterocycles. The van der Waals surface area contributed by atoms with Crippen molar-refractivity contribution in [3.8, 4) is 5.75 Å². The second-order valence-corrected chi connectivity index (χ2v) is 9.20. The zero-order chi connectivity index (χ0) is 22.0. The van der Waals surface area contributed by atoms with E-state index in [0.29, 0.717) is 28.8 Å². The first-order valence-electron chi connectivity index (χ1n) is 11.1. The number of hydrogen-bond acceptors (Lipinski definition) is 4. The van der Waals surface area contributed by atoms with Crippen LogP contribution in [0.4, 0.5) is 5.69 Å². The summed E-state index contributed by atoms with van der Waals surface area (Å²) in [5.74, 6) is 1.02. The molecule has 0 N–H and O–H groups in total. The van der Waals surface area contributed by atoms with Crippen LogP contribution in [-0.2, 0) is 9.59 Å². The van der Waals surface area contributed by atoms with Gasteiger partial charge in [0.1, 0.15) is 12.4 Å². The van der Waals surface area contributed by atoms with Crippen LogP contribution in [0, 0.1) is 35.5 Å². The largest absolute Gasteiger partial charge is 0.497 e. The van der Waals surface area contributed by atoms with Gasteiger partial charge in [0, 0.05) is 11.3 Å². The van der Waals surface area contributed by atoms with Gasteiger partial charge in [-0.25, -0.2) is 0 Å². The van der Waals surface area contributed by atoms with Crippen molar-refractivity contribution >= 4 is 23.4 Å². The normalized spacial score (nSPS) is 31.3. The van der Waals surface area contributed by atoms with Crippen molar-refractivity contribution in [1.82, 2.24) is 4.90 Å². The minimum Gasteiger partial charge on any atom is -0.497 e. The van der Waals surface area contributed by atoms with E-state index in [1.54, 1.807) is 55.6 Å². The van der Waals surface area contributed by atoms with E-state index < -0.39 is 0 Å². The summed E-state index contributed by atoms with van der Waals surface area (Å²) in [6, 6.07) is 16.0. The van der Waals surface area contributed by atoms with Gasteiger partial charge in [-0.05, 0) is 66.5 Å². The molecule has 2 aromatic carbocycles. The fourth-order valence-electron chi connectivity index (χ4n) is 6.06. The van der Waals surface area contributed by atoms with E-state index in [1.807, 2.05) is 6.07 Å².